The van der Waals surface area contributed by atoms with Gasteiger partial charge in [0.2, 0.25) is 10.0 Å². The highest BCUT2D eigenvalue weighted by Crippen LogP contribution is 2.22. The van der Waals surface area contributed by atoms with E-state index in [2.05, 4.69) is 4.72 Å². The van der Waals surface area contributed by atoms with Crippen molar-refractivity contribution < 1.29 is 13.3 Å². The standard InChI is InChI=1S/C9H9N3O4S/c10-6-3-7-11-17(15,16)9-5-2-1-4-8(9)12(13)14/h1-2,4-5,11H,3,7H2. The SMILES string of the molecule is N#CCCNS(=O)(=O)c1ccccc1[N+](=O)[O-]. The summed E-state index contributed by atoms with van der Waals surface area (Å²) in [7, 11) is -3.95. The number of nitro groups is 1. The molecule has 90 valence electrons. The summed E-state index contributed by atoms with van der Waals surface area (Å²) >= 11 is 0. The smallest absolute Gasteiger partial charge is 0.258 e. The normalized spacial score (nSPS) is 10.8. The van der Waals surface area contributed by atoms with Crippen LogP contribution in [0.3, 0.4) is 0 Å². The molecule has 0 unspecified atom stereocenters. The number of nitrogens with zero attached hydrogens (tertiary/aromatic N) is 2. The average Bonchev–Trinajstić information content (AvgIpc) is 2.29. The van der Waals surface area contributed by atoms with Gasteiger partial charge in [-0.2, -0.15) is 5.26 Å². The fraction of sp³-hybridized carbons (Fsp3) is 0.222. The van der Waals surface area contributed by atoms with Crippen molar-refractivity contribution in [3.63, 3.8) is 0 Å². The molecule has 0 atom stereocenters. The number of para-hydroxylation sites is 1. The first kappa shape index (κ1) is 13.1. The lowest BCUT2D eigenvalue weighted by molar-refractivity contribution is -0.387. The van der Waals surface area contributed by atoms with Crippen molar-refractivity contribution in [1.29, 1.82) is 5.26 Å². The Morgan fingerprint density at radius 2 is 2.06 bits per heavy atom. The molecular weight excluding hydrogens is 246 g/mol. The molecule has 1 aromatic carbocycles. The van der Waals surface area contributed by atoms with Crippen LogP contribution in [-0.2, 0) is 10.0 Å². The average molecular weight is 255 g/mol. The van der Waals surface area contributed by atoms with Crippen LogP contribution < -0.4 is 4.72 Å². The number of hydrogen-bond donors (Lipinski definition) is 1. The van der Waals surface area contributed by atoms with Gasteiger partial charge < -0.3 is 0 Å². The molecule has 7 nitrogen and oxygen atoms in total. The molecule has 0 radical (unpaired) electrons. The number of benzene rings is 1. The number of nitriles is 1. The van der Waals surface area contributed by atoms with E-state index in [4.69, 9.17) is 5.26 Å². The fourth-order valence-electron chi connectivity index (χ4n) is 1.15. The van der Waals surface area contributed by atoms with E-state index in [0.717, 1.165) is 12.1 Å². The van der Waals surface area contributed by atoms with Crippen LogP contribution >= 0.6 is 0 Å². The van der Waals surface area contributed by atoms with Gasteiger partial charge in [-0.05, 0) is 6.07 Å². The molecular formula is C9H9N3O4S. The Hall–Kier alpha value is -1.98. The van der Waals surface area contributed by atoms with Gasteiger partial charge in [-0.3, -0.25) is 10.1 Å². The number of nitrogens with one attached hydrogen (secondary N) is 1. The predicted molar refractivity (Wildman–Crippen MR) is 58.5 cm³/mol. The van der Waals surface area contributed by atoms with E-state index in [1.54, 1.807) is 6.07 Å². The Bertz CT molecular complexity index is 562. The van der Waals surface area contributed by atoms with Crippen LogP contribution in [0.2, 0.25) is 0 Å². The van der Waals surface area contributed by atoms with E-state index < -0.39 is 25.5 Å². The van der Waals surface area contributed by atoms with Crippen LogP contribution in [0.5, 0.6) is 0 Å². The predicted octanol–water partition coefficient (Wildman–Crippen LogP) is 0.787. The lowest BCUT2D eigenvalue weighted by Crippen LogP contribution is -2.25. The lowest BCUT2D eigenvalue weighted by Gasteiger charge is -2.05. The second kappa shape index (κ2) is 5.38. The van der Waals surface area contributed by atoms with E-state index in [-0.39, 0.29) is 13.0 Å². The van der Waals surface area contributed by atoms with E-state index in [1.807, 2.05) is 0 Å². The van der Waals surface area contributed by atoms with Gasteiger partial charge in [0.05, 0.1) is 11.0 Å². The molecule has 0 aromatic heterocycles. The zero-order chi connectivity index (χ0) is 12.9. The van der Waals surface area contributed by atoms with Gasteiger partial charge in [-0.25, -0.2) is 13.1 Å². The Morgan fingerprint density at radius 3 is 2.65 bits per heavy atom. The third-order valence-electron chi connectivity index (χ3n) is 1.88. The summed E-state index contributed by atoms with van der Waals surface area (Å²) in [5, 5.41) is 18.9. The Labute approximate surface area is 97.9 Å². The molecule has 0 aliphatic rings. The van der Waals surface area contributed by atoms with Crippen LogP contribution in [0.4, 0.5) is 5.69 Å². The second-order valence-corrected chi connectivity index (χ2v) is 4.77. The lowest BCUT2D eigenvalue weighted by atomic mass is 10.3. The van der Waals surface area contributed by atoms with E-state index >= 15 is 0 Å². The van der Waals surface area contributed by atoms with Gasteiger partial charge in [-0.15, -0.1) is 0 Å². The number of hydrogen-bond acceptors (Lipinski definition) is 5. The largest absolute Gasteiger partial charge is 0.289 e. The van der Waals surface area contributed by atoms with Gasteiger partial charge in [0.25, 0.3) is 5.69 Å². The van der Waals surface area contributed by atoms with E-state index in [0.29, 0.717) is 0 Å². The first-order valence-corrected chi connectivity index (χ1v) is 6.07. The Balaban J connectivity index is 3.07. The molecule has 8 heteroatoms. The maximum atomic E-state index is 11.7. The van der Waals surface area contributed by atoms with Crippen LogP contribution in [0.25, 0.3) is 0 Å². The van der Waals surface area contributed by atoms with Crippen LogP contribution in [0.1, 0.15) is 6.42 Å². The third-order valence-corrected chi connectivity index (χ3v) is 3.39. The topological polar surface area (TPSA) is 113 Å². The molecule has 0 heterocycles. The van der Waals surface area contributed by atoms with Gasteiger partial charge in [0, 0.05) is 19.0 Å². The molecule has 0 spiro atoms. The minimum atomic E-state index is -3.95. The summed E-state index contributed by atoms with van der Waals surface area (Å²) in [5.74, 6) is 0. The molecule has 0 aliphatic heterocycles. The van der Waals surface area contributed by atoms with Crippen LogP contribution in [0, 0.1) is 21.4 Å². The summed E-state index contributed by atoms with van der Waals surface area (Å²) in [6.45, 7) is -0.0785. The molecule has 1 N–H and O–H groups in total. The summed E-state index contributed by atoms with van der Waals surface area (Å²) in [4.78, 5) is 9.49. The molecule has 0 fully saturated rings. The zero-order valence-corrected chi connectivity index (χ0v) is 9.48. The monoisotopic (exact) mass is 255 g/mol. The number of rotatable bonds is 5. The van der Waals surface area contributed by atoms with Gasteiger partial charge in [0.15, 0.2) is 4.90 Å². The quantitative estimate of drug-likeness (QED) is 0.474. The zero-order valence-electron chi connectivity index (χ0n) is 8.66. The number of sulfonamides is 1. The molecule has 1 rings (SSSR count). The van der Waals surface area contributed by atoms with Crippen LogP contribution in [-0.4, -0.2) is 19.9 Å². The highest BCUT2D eigenvalue weighted by Gasteiger charge is 2.24. The second-order valence-electron chi connectivity index (χ2n) is 3.03. The van der Waals surface area contributed by atoms with E-state index in [1.165, 1.54) is 12.1 Å². The first-order valence-electron chi connectivity index (χ1n) is 4.59. The van der Waals surface area contributed by atoms with Crippen molar-refractivity contribution in [2.24, 2.45) is 0 Å². The Kier molecular flexibility index (Phi) is 4.14. The molecule has 0 aliphatic carbocycles. The minimum absolute atomic E-state index is 0.000138. The molecule has 0 amide bonds. The molecule has 0 bridgehead atoms. The third kappa shape index (κ3) is 3.24. The minimum Gasteiger partial charge on any atom is -0.258 e. The number of nitro benzene ring substituents is 1. The van der Waals surface area contributed by atoms with Gasteiger partial charge >= 0.3 is 0 Å². The summed E-state index contributed by atoms with van der Waals surface area (Å²) < 4.78 is 25.5. The first-order chi connectivity index (χ1) is 7.99. The van der Waals surface area contributed by atoms with Crippen molar-refractivity contribution in [2.75, 3.05) is 6.54 Å². The van der Waals surface area contributed by atoms with Crippen molar-refractivity contribution in [1.82, 2.24) is 4.72 Å². The fourth-order valence-corrected chi connectivity index (χ4v) is 2.36. The molecule has 0 saturated heterocycles. The maximum Gasteiger partial charge on any atom is 0.289 e. The molecule has 1 aromatic rings. The maximum absolute atomic E-state index is 11.7. The highest BCUT2D eigenvalue weighted by atomic mass is 32.2. The van der Waals surface area contributed by atoms with E-state index in [9.17, 15) is 18.5 Å². The van der Waals surface area contributed by atoms with Gasteiger partial charge in [0.1, 0.15) is 0 Å². The van der Waals surface area contributed by atoms with Crippen molar-refractivity contribution in [2.45, 2.75) is 11.3 Å². The van der Waals surface area contributed by atoms with Gasteiger partial charge in [-0.1, -0.05) is 12.1 Å². The summed E-state index contributed by atoms with van der Waals surface area (Å²) in [5.41, 5.74) is -0.489. The van der Waals surface area contributed by atoms with Crippen LogP contribution in [0.15, 0.2) is 29.2 Å². The van der Waals surface area contributed by atoms with Crippen molar-refractivity contribution in [3.8, 4) is 6.07 Å². The van der Waals surface area contributed by atoms with Crippen molar-refractivity contribution in [3.05, 3.63) is 34.4 Å². The highest BCUT2D eigenvalue weighted by molar-refractivity contribution is 7.89. The summed E-state index contributed by atoms with van der Waals surface area (Å²) in [6.07, 6.45) is -0.000138. The molecule has 0 saturated carbocycles. The molecule has 17 heavy (non-hydrogen) atoms. The van der Waals surface area contributed by atoms with Crippen molar-refractivity contribution >= 4 is 15.7 Å². The summed E-state index contributed by atoms with van der Waals surface area (Å²) in [6, 6.07) is 6.80. The Morgan fingerprint density at radius 1 is 1.41 bits per heavy atom.